The van der Waals surface area contributed by atoms with Crippen molar-refractivity contribution in [2.75, 3.05) is 11.5 Å². The van der Waals surface area contributed by atoms with E-state index in [1.165, 1.54) is 0 Å². The Labute approximate surface area is 282 Å². The number of ether oxygens (including phenoxy) is 2. The average molecular weight is 633 g/mol. The Morgan fingerprint density at radius 3 is 1.35 bits per heavy atom. The second-order valence-corrected chi connectivity index (χ2v) is 13.1. The molecule has 0 fully saturated rings. The third-order valence-electron chi connectivity index (χ3n) is 9.12. The van der Waals surface area contributed by atoms with Crippen LogP contribution in [-0.4, -0.2) is 5.78 Å². The van der Waals surface area contributed by atoms with Crippen LogP contribution in [0.4, 0.5) is 11.4 Å². The molecule has 0 aliphatic rings. The maximum absolute atomic E-state index is 13.8. The molecular formula is C43H40N2O3. The lowest BCUT2D eigenvalue weighted by atomic mass is 9.78. The minimum Gasteiger partial charge on any atom is -0.453 e. The van der Waals surface area contributed by atoms with Crippen molar-refractivity contribution >= 4 is 17.2 Å². The van der Waals surface area contributed by atoms with E-state index >= 15 is 0 Å². The predicted octanol–water partition coefficient (Wildman–Crippen LogP) is 10.3. The van der Waals surface area contributed by atoms with Crippen molar-refractivity contribution in [2.24, 2.45) is 0 Å². The van der Waals surface area contributed by atoms with E-state index in [0.29, 0.717) is 34.1 Å². The summed E-state index contributed by atoms with van der Waals surface area (Å²) in [4.78, 5) is 13.8. The molecule has 0 heterocycles. The van der Waals surface area contributed by atoms with Crippen LogP contribution in [0.5, 0.6) is 23.0 Å². The quantitative estimate of drug-likeness (QED) is 0.116. The lowest BCUT2D eigenvalue weighted by Gasteiger charge is -2.26. The number of benzene rings is 6. The van der Waals surface area contributed by atoms with E-state index in [0.717, 1.165) is 33.6 Å². The Morgan fingerprint density at radius 2 is 0.896 bits per heavy atom. The van der Waals surface area contributed by atoms with Gasteiger partial charge in [0.2, 0.25) is 0 Å². The van der Waals surface area contributed by atoms with Crippen molar-refractivity contribution in [3.05, 3.63) is 179 Å². The van der Waals surface area contributed by atoms with E-state index in [9.17, 15) is 4.79 Å². The molecule has 0 unspecified atom stereocenters. The van der Waals surface area contributed by atoms with Crippen LogP contribution in [0.2, 0.25) is 0 Å². The first-order valence-electron chi connectivity index (χ1n) is 16.0. The van der Waals surface area contributed by atoms with Gasteiger partial charge in [0, 0.05) is 27.8 Å². The molecule has 0 aromatic heterocycles. The molecule has 48 heavy (non-hydrogen) atoms. The third kappa shape index (κ3) is 6.67. The first-order valence-corrected chi connectivity index (χ1v) is 16.0. The Balaban J connectivity index is 1.32. The standard InChI is InChI=1S/C43H40N2O3/c1-42(2,30-13-21-34(44)22-14-30)32-17-25-36(26-18-32)47-39-12-8-11-38(40(46)29-9-6-5-7-10-29)41(39)48-37-27-19-33(20-28-37)43(3,4)31-15-23-35(45)24-16-31/h5-28H,44-45H2,1-4H3. The van der Waals surface area contributed by atoms with Gasteiger partial charge in [0.25, 0.3) is 0 Å². The minimum atomic E-state index is -0.254. The summed E-state index contributed by atoms with van der Waals surface area (Å²) in [7, 11) is 0. The van der Waals surface area contributed by atoms with Gasteiger partial charge < -0.3 is 20.9 Å². The molecular weight excluding hydrogens is 592 g/mol. The number of carbonyl (C=O) groups is 1. The molecule has 0 saturated carbocycles. The SMILES string of the molecule is CC(C)(c1ccc(N)cc1)c1ccc(Oc2cccc(C(=O)c3ccccc3)c2Oc2ccc(C(C)(C)c3ccc(N)cc3)cc2)cc1. The zero-order valence-electron chi connectivity index (χ0n) is 27.7. The van der Waals surface area contributed by atoms with E-state index < -0.39 is 0 Å². The van der Waals surface area contributed by atoms with Crippen LogP contribution in [0, 0.1) is 0 Å². The molecule has 0 radical (unpaired) electrons. The topological polar surface area (TPSA) is 87.6 Å². The molecule has 6 rings (SSSR count). The number of hydrogen-bond donors (Lipinski definition) is 2. The largest absolute Gasteiger partial charge is 0.453 e. The van der Waals surface area contributed by atoms with Gasteiger partial charge in [-0.1, -0.05) is 113 Å². The van der Waals surface area contributed by atoms with Crippen LogP contribution >= 0.6 is 0 Å². The molecule has 0 spiro atoms. The second kappa shape index (κ2) is 13.1. The number of anilines is 2. The molecule has 0 atom stereocenters. The first-order chi connectivity index (χ1) is 23.0. The lowest BCUT2D eigenvalue weighted by Crippen LogP contribution is -2.18. The summed E-state index contributed by atoms with van der Waals surface area (Å²) in [5, 5.41) is 0. The van der Waals surface area contributed by atoms with Crippen molar-refractivity contribution in [2.45, 2.75) is 38.5 Å². The molecule has 0 aliphatic carbocycles. The Hall–Kier alpha value is -5.81. The highest BCUT2D eigenvalue weighted by Gasteiger charge is 2.25. The number of carbonyl (C=O) groups excluding carboxylic acids is 1. The van der Waals surface area contributed by atoms with Gasteiger partial charge in [0.15, 0.2) is 17.3 Å². The fourth-order valence-corrected chi connectivity index (χ4v) is 5.88. The fraction of sp³-hybridized carbons (Fsp3) is 0.140. The van der Waals surface area contributed by atoms with Crippen LogP contribution in [0.15, 0.2) is 146 Å². The molecule has 5 heteroatoms. The van der Waals surface area contributed by atoms with Gasteiger partial charge in [-0.15, -0.1) is 0 Å². The number of rotatable bonds is 10. The molecule has 0 amide bonds. The highest BCUT2D eigenvalue weighted by molar-refractivity contribution is 6.11. The molecule has 5 nitrogen and oxygen atoms in total. The number of para-hydroxylation sites is 1. The number of ketones is 1. The lowest BCUT2D eigenvalue weighted by molar-refractivity contribution is 0.103. The average Bonchev–Trinajstić information content (AvgIpc) is 3.10. The van der Waals surface area contributed by atoms with Crippen LogP contribution in [0.25, 0.3) is 0 Å². The van der Waals surface area contributed by atoms with Crippen molar-refractivity contribution in [3.8, 4) is 23.0 Å². The minimum absolute atomic E-state index is 0.155. The van der Waals surface area contributed by atoms with Gasteiger partial charge >= 0.3 is 0 Å². The predicted molar refractivity (Wildman–Crippen MR) is 195 cm³/mol. The molecule has 0 aliphatic heterocycles. The summed E-state index contributed by atoms with van der Waals surface area (Å²) in [6, 6.07) is 46.5. The zero-order valence-corrected chi connectivity index (χ0v) is 27.7. The summed E-state index contributed by atoms with van der Waals surface area (Å²) in [5.74, 6) is 1.85. The van der Waals surface area contributed by atoms with Gasteiger partial charge in [-0.2, -0.15) is 0 Å². The second-order valence-electron chi connectivity index (χ2n) is 13.1. The van der Waals surface area contributed by atoms with E-state index in [1.807, 2.05) is 78.9 Å². The molecule has 240 valence electrons. The molecule has 0 bridgehead atoms. The van der Waals surface area contributed by atoms with Crippen LogP contribution in [0.3, 0.4) is 0 Å². The molecule has 6 aromatic rings. The van der Waals surface area contributed by atoms with E-state index in [-0.39, 0.29) is 16.6 Å². The van der Waals surface area contributed by atoms with Gasteiger partial charge in [0.05, 0.1) is 5.56 Å². The smallest absolute Gasteiger partial charge is 0.196 e. The Morgan fingerprint density at radius 1 is 0.479 bits per heavy atom. The van der Waals surface area contributed by atoms with E-state index in [2.05, 4.69) is 76.2 Å². The summed E-state index contributed by atoms with van der Waals surface area (Å²) in [5.41, 5.74) is 18.4. The number of nitrogen functional groups attached to an aromatic ring is 2. The van der Waals surface area contributed by atoms with Gasteiger partial charge in [-0.3, -0.25) is 4.79 Å². The number of nitrogens with two attached hydrogens (primary N) is 2. The summed E-state index contributed by atoms with van der Waals surface area (Å²) in [6.07, 6.45) is 0. The Kier molecular flexibility index (Phi) is 8.79. The monoisotopic (exact) mass is 632 g/mol. The zero-order chi connectivity index (χ0) is 33.9. The molecule has 0 saturated heterocycles. The van der Waals surface area contributed by atoms with Crippen LogP contribution in [-0.2, 0) is 10.8 Å². The van der Waals surface area contributed by atoms with E-state index in [4.69, 9.17) is 20.9 Å². The summed E-state index contributed by atoms with van der Waals surface area (Å²) >= 11 is 0. The van der Waals surface area contributed by atoms with Crippen molar-refractivity contribution in [3.63, 3.8) is 0 Å². The van der Waals surface area contributed by atoms with E-state index in [1.54, 1.807) is 18.2 Å². The number of hydrogen-bond acceptors (Lipinski definition) is 5. The van der Waals surface area contributed by atoms with Gasteiger partial charge in [0.1, 0.15) is 11.5 Å². The normalized spacial score (nSPS) is 11.6. The van der Waals surface area contributed by atoms with Crippen molar-refractivity contribution in [1.82, 2.24) is 0 Å². The first kappa shape index (κ1) is 32.1. The highest BCUT2D eigenvalue weighted by Crippen LogP contribution is 2.41. The summed E-state index contributed by atoms with van der Waals surface area (Å²) in [6.45, 7) is 8.72. The highest BCUT2D eigenvalue weighted by atomic mass is 16.5. The third-order valence-corrected chi connectivity index (χ3v) is 9.12. The maximum Gasteiger partial charge on any atom is 0.196 e. The van der Waals surface area contributed by atoms with Gasteiger partial charge in [-0.25, -0.2) is 0 Å². The fourth-order valence-electron chi connectivity index (χ4n) is 5.88. The molecule has 4 N–H and O–H groups in total. The van der Waals surface area contributed by atoms with Crippen molar-refractivity contribution in [1.29, 1.82) is 0 Å². The maximum atomic E-state index is 13.8. The van der Waals surface area contributed by atoms with Crippen molar-refractivity contribution < 1.29 is 14.3 Å². The molecule has 6 aromatic carbocycles. The van der Waals surface area contributed by atoms with Crippen LogP contribution < -0.4 is 20.9 Å². The van der Waals surface area contributed by atoms with Crippen LogP contribution in [0.1, 0.15) is 65.9 Å². The Bertz CT molecular complexity index is 2010. The van der Waals surface area contributed by atoms with Gasteiger partial charge in [-0.05, 0) is 82.9 Å². The summed E-state index contributed by atoms with van der Waals surface area (Å²) < 4.78 is 13.0.